The zero-order chi connectivity index (χ0) is 21.4. The molecule has 0 saturated carbocycles. The SMILES string of the molecule is CN=C(NCCS(=O)(=O)N1CCc2ccccc21)N1CCC(OCCCOC)CC1. The van der Waals surface area contributed by atoms with Gasteiger partial charge in [-0.25, -0.2) is 8.42 Å². The maximum absolute atomic E-state index is 12.8. The number of guanidine groups is 1. The molecule has 30 heavy (non-hydrogen) atoms. The summed E-state index contributed by atoms with van der Waals surface area (Å²) >= 11 is 0. The van der Waals surface area contributed by atoms with Crippen LogP contribution in [0.25, 0.3) is 0 Å². The summed E-state index contributed by atoms with van der Waals surface area (Å²) in [5.41, 5.74) is 1.91. The van der Waals surface area contributed by atoms with Gasteiger partial charge in [-0.15, -0.1) is 0 Å². The molecule has 1 saturated heterocycles. The Hall–Kier alpha value is -1.84. The van der Waals surface area contributed by atoms with Crippen molar-refractivity contribution in [3.8, 4) is 0 Å². The number of nitrogens with zero attached hydrogens (tertiary/aromatic N) is 3. The minimum atomic E-state index is -3.36. The van der Waals surface area contributed by atoms with Gasteiger partial charge in [-0.2, -0.15) is 0 Å². The maximum atomic E-state index is 12.8. The number of methoxy groups -OCH3 is 1. The lowest BCUT2D eigenvalue weighted by Crippen LogP contribution is -2.48. The molecule has 2 aliphatic heterocycles. The molecular formula is C21H34N4O4S. The molecule has 0 radical (unpaired) electrons. The van der Waals surface area contributed by atoms with Crippen LogP contribution in [0.15, 0.2) is 29.3 Å². The van der Waals surface area contributed by atoms with E-state index >= 15 is 0 Å². The second-order valence-electron chi connectivity index (χ2n) is 7.64. The number of anilines is 1. The molecule has 2 heterocycles. The molecule has 3 rings (SSSR count). The van der Waals surface area contributed by atoms with E-state index in [1.165, 1.54) is 0 Å². The van der Waals surface area contributed by atoms with Crippen LogP contribution in [0.1, 0.15) is 24.8 Å². The lowest BCUT2D eigenvalue weighted by Gasteiger charge is -2.34. The van der Waals surface area contributed by atoms with Gasteiger partial charge >= 0.3 is 0 Å². The fraction of sp³-hybridized carbons (Fsp3) is 0.667. The number of aliphatic imine (C=N–C) groups is 1. The number of benzene rings is 1. The third-order valence-corrected chi connectivity index (χ3v) is 7.39. The average molecular weight is 439 g/mol. The molecule has 1 N–H and O–H groups in total. The number of ether oxygens (including phenoxy) is 2. The number of hydrogen-bond acceptors (Lipinski definition) is 5. The first-order chi connectivity index (χ1) is 14.5. The summed E-state index contributed by atoms with van der Waals surface area (Å²) in [7, 11) is 0.0730. The molecule has 1 aromatic rings. The number of sulfonamides is 1. The normalized spacial score (nSPS) is 18.0. The number of para-hydroxylation sites is 1. The van der Waals surface area contributed by atoms with Crippen molar-refractivity contribution in [1.82, 2.24) is 10.2 Å². The summed E-state index contributed by atoms with van der Waals surface area (Å²) in [4.78, 5) is 6.52. The molecule has 1 fully saturated rings. The molecule has 2 aliphatic rings. The predicted molar refractivity (Wildman–Crippen MR) is 120 cm³/mol. The van der Waals surface area contributed by atoms with Gasteiger partial charge in [-0.3, -0.25) is 9.30 Å². The number of fused-ring (bicyclic) bond motifs is 1. The summed E-state index contributed by atoms with van der Waals surface area (Å²) in [6, 6.07) is 7.72. The first-order valence-corrected chi connectivity index (χ1v) is 12.3. The maximum Gasteiger partial charge on any atom is 0.236 e. The Morgan fingerprint density at radius 1 is 1.20 bits per heavy atom. The van der Waals surface area contributed by atoms with E-state index in [2.05, 4.69) is 15.2 Å². The highest BCUT2D eigenvalue weighted by Gasteiger charge is 2.29. The third kappa shape index (κ3) is 5.86. The largest absolute Gasteiger partial charge is 0.385 e. The van der Waals surface area contributed by atoms with Gasteiger partial charge in [-0.05, 0) is 37.3 Å². The van der Waals surface area contributed by atoms with Gasteiger partial charge in [0.1, 0.15) is 0 Å². The summed E-state index contributed by atoms with van der Waals surface area (Å²) in [5.74, 6) is 0.796. The fourth-order valence-electron chi connectivity index (χ4n) is 4.02. The Balaban J connectivity index is 1.43. The zero-order valence-electron chi connectivity index (χ0n) is 18.0. The Kier molecular flexibility index (Phi) is 8.35. The summed E-state index contributed by atoms with van der Waals surface area (Å²) < 4.78 is 38.2. The van der Waals surface area contributed by atoms with Crippen LogP contribution in [0, 0.1) is 0 Å². The Morgan fingerprint density at radius 3 is 2.70 bits per heavy atom. The predicted octanol–water partition coefficient (Wildman–Crippen LogP) is 1.47. The highest BCUT2D eigenvalue weighted by Crippen LogP contribution is 2.29. The van der Waals surface area contributed by atoms with Crippen molar-refractivity contribution in [3.05, 3.63) is 29.8 Å². The average Bonchev–Trinajstić information content (AvgIpc) is 3.20. The minimum absolute atomic E-state index is 0.0411. The van der Waals surface area contributed by atoms with Crippen LogP contribution in [-0.4, -0.2) is 84.7 Å². The molecule has 9 heteroatoms. The van der Waals surface area contributed by atoms with Crippen LogP contribution in [-0.2, 0) is 25.9 Å². The van der Waals surface area contributed by atoms with Gasteiger partial charge in [0.2, 0.25) is 10.0 Å². The van der Waals surface area contributed by atoms with Gasteiger partial charge < -0.3 is 19.7 Å². The van der Waals surface area contributed by atoms with Crippen molar-refractivity contribution in [2.45, 2.75) is 31.8 Å². The van der Waals surface area contributed by atoms with E-state index in [0.717, 1.165) is 69.2 Å². The third-order valence-electron chi connectivity index (χ3n) is 5.62. The number of nitrogens with one attached hydrogen (secondary N) is 1. The van der Waals surface area contributed by atoms with E-state index in [9.17, 15) is 8.42 Å². The lowest BCUT2D eigenvalue weighted by atomic mass is 10.1. The van der Waals surface area contributed by atoms with Crippen LogP contribution in [0.4, 0.5) is 5.69 Å². The molecule has 1 aromatic carbocycles. The highest BCUT2D eigenvalue weighted by molar-refractivity contribution is 7.92. The van der Waals surface area contributed by atoms with Crippen LogP contribution >= 0.6 is 0 Å². The number of likely N-dealkylation sites (tertiary alicyclic amines) is 1. The molecule has 0 amide bonds. The van der Waals surface area contributed by atoms with Crippen LogP contribution in [0.2, 0.25) is 0 Å². The molecule has 0 bridgehead atoms. The Bertz CT molecular complexity index is 807. The topological polar surface area (TPSA) is 83.5 Å². The molecule has 0 atom stereocenters. The highest BCUT2D eigenvalue weighted by atomic mass is 32.2. The number of hydrogen-bond donors (Lipinski definition) is 1. The van der Waals surface area contributed by atoms with Crippen molar-refractivity contribution in [1.29, 1.82) is 0 Å². The Labute approximate surface area is 180 Å². The van der Waals surface area contributed by atoms with E-state index in [4.69, 9.17) is 9.47 Å². The molecule has 168 valence electrons. The standard InChI is InChI=1S/C21H34N4O4S/c1-22-21(24-12-9-19(10-13-24)29-16-5-15-28-2)23-11-17-30(26,27)25-14-8-18-6-3-4-7-20(18)25/h3-4,6-7,19H,5,8-17H2,1-2H3,(H,22,23). The van der Waals surface area contributed by atoms with Crippen LogP contribution < -0.4 is 9.62 Å². The van der Waals surface area contributed by atoms with Gasteiger partial charge in [0.25, 0.3) is 0 Å². The molecular weight excluding hydrogens is 404 g/mol. The van der Waals surface area contributed by atoms with E-state index < -0.39 is 10.0 Å². The van der Waals surface area contributed by atoms with Crippen molar-refractivity contribution in [2.24, 2.45) is 4.99 Å². The summed E-state index contributed by atoms with van der Waals surface area (Å²) in [6.45, 7) is 4.00. The van der Waals surface area contributed by atoms with Gasteiger partial charge in [0, 0.05) is 53.6 Å². The van der Waals surface area contributed by atoms with Crippen molar-refractivity contribution >= 4 is 21.7 Å². The summed E-state index contributed by atoms with van der Waals surface area (Å²) in [6.07, 6.45) is 3.84. The minimum Gasteiger partial charge on any atom is -0.385 e. The smallest absolute Gasteiger partial charge is 0.236 e. The molecule has 0 aromatic heterocycles. The molecule has 0 spiro atoms. The quantitative estimate of drug-likeness (QED) is 0.357. The molecule has 8 nitrogen and oxygen atoms in total. The van der Waals surface area contributed by atoms with Gasteiger partial charge in [-0.1, -0.05) is 18.2 Å². The molecule has 0 unspecified atom stereocenters. The summed E-state index contributed by atoms with van der Waals surface area (Å²) in [5, 5.41) is 3.23. The van der Waals surface area contributed by atoms with E-state index in [1.807, 2.05) is 24.3 Å². The zero-order valence-corrected chi connectivity index (χ0v) is 18.9. The second-order valence-corrected chi connectivity index (χ2v) is 9.66. The molecule has 0 aliphatic carbocycles. The fourth-order valence-corrected chi connectivity index (χ4v) is 5.45. The van der Waals surface area contributed by atoms with Crippen molar-refractivity contribution in [3.63, 3.8) is 0 Å². The second kappa shape index (κ2) is 11.0. The van der Waals surface area contributed by atoms with Crippen LogP contribution in [0.5, 0.6) is 0 Å². The van der Waals surface area contributed by atoms with E-state index in [0.29, 0.717) is 13.1 Å². The monoisotopic (exact) mass is 438 g/mol. The lowest BCUT2D eigenvalue weighted by molar-refractivity contribution is 0.00993. The number of piperidine rings is 1. The van der Waals surface area contributed by atoms with Crippen LogP contribution in [0.3, 0.4) is 0 Å². The first-order valence-electron chi connectivity index (χ1n) is 10.7. The first kappa shape index (κ1) is 22.8. The van der Waals surface area contributed by atoms with E-state index in [-0.39, 0.29) is 11.9 Å². The van der Waals surface area contributed by atoms with E-state index in [1.54, 1.807) is 18.5 Å². The number of rotatable bonds is 9. The van der Waals surface area contributed by atoms with Gasteiger partial charge in [0.05, 0.1) is 17.5 Å². The Morgan fingerprint density at radius 2 is 1.97 bits per heavy atom. The van der Waals surface area contributed by atoms with Gasteiger partial charge in [0.15, 0.2) is 5.96 Å². The van der Waals surface area contributed by atoms with Crippen molar-refractivity contribution in [2.75, 3.05) is 63.6 Å². The van der Waals surface area contributed by atoms with Crippen molar-refractivity contribution < 1.29 is 17.9 Å².